The Labute approximate surface area is 163 Å². The van der Waals surface area contributed by atoms with E-state index in [-0.39, 0.29) is 0 Å². The van der Waals surface area contributed by atoms with Gasteiger partial charge in [-0.2, -0.15) is 4.98 Å². The molecule has 1 heterocycles. The van der Waals surface area contributed by atoms with Gasteiger partial charge in [0.2, 0.25) is 5.95 Å². The number of anilines is 5. The highest BCUT2D eigenvalue weighted by Crippen LogP contribution is 2.25. The summed E-state index contributed by atoms with van der Waals surface area (Å²) in [4.78, 5) is 11.0. The molecule has 0 aliphatic heterocycles. The van der Waals surface area contributed by atoms with Gasteiger partial charge in [-0.15, -0.1) is 0 Å². The van der Waals surface area contributed by atoms with Crippen molar-refractivity contribution in [2.45, 2.75) is 6.92 Å². The molecule has 26 heavy (non-hydrogen) atoms. The second-order valence-electron chi connectivity index (χ2n) is 6.07. The van der Waals surface area contributed by atoms with E-state index in [1.807, 2.05) is 51.4 Å². The molecule has 7 heteroatoms. The van der Waals surface area contributed by atoms with Crippen LogP contribution in [0, 0.1) is 6.92 Å². The Morgan fingerprint density at radius 3 is 2.08 bits per heavy atom. The summed E-state index contributed by atoms with van der Waals surface area (Å²) in [5.74, 6) is 1.17. The quantitative estimate of drug-likeness (QED) is 0.592. The summed E-state index contributed by atoms with van der Waals surface area (Å²) in [6.07, 6.45) is 0. The van der Waals surface area contributed by atoms with Crippen LogP contribution in [0.4, 0.5) is 28.8 Å². The molecule has 0 aliphatic carbocycles. The van der Waals surface area contributed by atoms with Crippen molar-refractivity contribution >= 4 is 52.0 Å². The molecule has 0 radical (unpaired) electrons. The minimum atomic E-state index is 0.468. The maximum Gasteiger partial charge on any atom is 0.229 e. The fourth-order valence-electron chi connectivity index (χ4n) is 2.43. The van der Waals surface area contributed by atoms with Gasteiger partial charge < -0.3 is 15.5 Å². The molecule has 0 bridgehead atoms. The van der Waals surface area contributed by atoms with Crippen molar-refractivity contribution in [3.8, 4) is 0 Å². The van der Waals surface area contributed by atoms with Gasteiger partial charge in [-0.25, -0.2) is 4.98 Å². The lowest BCUT2D eigenvalue weighted by atomic mass is 10.2. The molecular weight excluding hydrogens is 369 g/mol. The Morgan fingerprint density at radius 1 is 0.808 bits per heavy atom. The van der Waals surface area contributed by atoms with E-state index in [2.05, 4.69) is 25.5 Å². The van der Waals surface area contributed by atoms with Crippen LogP contribution in [0.25, 0.3) is 0 Å². The van der Waals surface area contributed by atoms with Gasteiger partial charge in [0.05, 0.1) is 0 Å². The zero-order valence-corrected chi connectivity index (χ0v) is 16.2. The molecular formula is C19H19Cl2N5. The number of aryl methyl sites for hydroxylation is 1. The molecule has 0 amide bonds. The van der Waals surface area contributed by atoms with Crippen LogP contribution in [0.15, 0.2) is 48.5 Å². The van der Waals surface area contributed by atoms with Crippen LogP contribution < -0.4 is 15.5 Å². The molecule has 0 saturated heterocycles. The maximum absolute atomic E-state index is 6.04. The Hall–Kier alpha value is -2.50. The van der Waals surface area contributed by atoms with Gasteiger partial charge >= 0.3 is 0 Å². The second-order valence-corrected chi connectivity index (χ2v) is 6.94. The Morgan fingerprint density at radius 2 is 1.46 bits per heavy atom. The average Bonchev–Trinajstić information content (AvgIpc) is 2.53. The molecule has 0 spiro atoms. The first-order valence-corrected chi connectivity index (χ1v) is 8.78. The maximum atomic E-state index is 6.04. The van der Waals surface area contributed by atoms with Crippen LogP contribution in [0.5, 0.6) is 0 Å². The average molecular weight is 388 g/mol. The lowest BCUT2D eigenvalue weighted by Crippen LogP contribution is -2.08. The minimum Gasteiger partial charge on any atom is -0.378 e. The largest absolute Gasteiger partial charge is 0.378 e. The zero-order valence-electron chi connectivity index (χ0n) is 14.7. The summed E-state index contributed by atoms with van der Waals surface area (Å²) in [5.41, 5.74) is 3.65. The van der Waals surface area contributed by atoms with Crippen molar-refractivity contribution in [3.63, 3.8) is 0 Å². The zero-order chi connectivity index (χ0) is 18.7. The van der Waals surface area contributed by atoms with Gasteiger partial charge in [-0.1, -0.05) is 23.2 Å². The molecule has 134 valence electrons. The molecule has 0 unspecified atom stereocenters. The molecule has 3 aromatic rings. The van der Waals surface area contributed by atoms with Gasteiger partial charge in [-0.3, -0.25) is 0 Å². The SMILES string of the molecule is Cc1cc(Nc2ccc(N(C)C)cc2)nc(Nc2cc(Cl)cc(Cl)c2)n1. The first-order valence-electron chi connectivity index (χ1n) is 8.02. The number of hydrogen-bond donors (Lipinski definition) is 2. The highest BCUT2D eigenvalue weighted by molar-refractivity contribution is 6.35. The molecule has 3 rings (SSSR count). The van der Waals surface area contributed by atoms with Crippen molar-refractivity contribution in [2.24, 2.45) is 0 Å². The third-order valence-electron chi connectivity index (χ3n) is 3.63. The number of rotatable bonds is 5. The van der Waals surface area contributed by atoms with E-state index in [4.69, 9.17) is 23.2 Å². The van der Waals surface area contributed by atoms with E-state index in [9.17, 15) is 0 Å². The van der Waals surface area contributed by atoms with Crippen molar-refractivity contribution in [3.05, 3.63) is 64.3 Å². The number of benzene rings is 2. The monoisotopic (exact) mass is 387 g/mol. The molecule has 5 nitrogen and oxygen atoms in total. The third-order valence-corrected chi connectivity index (χ3v) is 4.07. The van der Waals surface area contributed by atoms with Crippen molar-refractivity contribution < 1.29 is 0 Å². The van der Waals surface area contributed by atoms with E-state index < -0.39 is 0 Å². The summed E-state index contributed by atoms with van der Waals surface area (Å²) in [7, 11) is 4.02. The normalized spacial score (nSPS) is 10.5. The van der Waals surface area contributed by atoms with Crippen LogP contribution in [-0.2, 0) is 0 Å². The van der Waals surface area contributed by atoms with E-state index in [1.165, 1.54) is 0 Å². The van der Waals surface area contributed by atoms with Gasteiger partial charge in [0.1, 0.15) is 5.82 Å². The molecule has 0 fully saturated rings. The van der Waals surface area contributed by atoms with Gasteiger partial charge in [0.25, 0.3) is 0 Å². The summed E-state index contributed by atoms with van der Waals surface area (Å²) in [5, 5.41) is 7.53. The van der Waals surface area contributed by atoms with Crippen LogP contribution in [0.3, 0.4) is 0 Å². The van der Waals surface area contributed by atoms with E-state index in [1.54, 1.807) is 18.2 Å². The highest BCUT2D eigenvalue weighted by atomic mass is 35.5. The summed E-state index contributed by atoms with van der Waals surface area (Å²) in [6, 6.07) is 15.2. The van der Waals surface area contributed by atoms with Crippen molar-refractivity contribution in [2.75, 3.05) is 29.6 Å². The number of nitrogens with zero attached hydrogens (tertiary/aromatic N) is 3. The Bertz CT molecular complexity index is 890. The Kier molecular flexibility index (Phi) is 5.49. The predicted molar refractivity (Wildman–Crippen MR) is 111 cm³/mol. The van der Waals surface area contributed by atoms with E-state index in [0.29, 0.717) is 21.8 Å². The van der Waals surface area contributed by atoms with Crippen LogP contribution >= 0.6 is 23.2 Å². The summed E-state index contributed by atoms with van der Waals surface area (Å²) >= 11 is 12.1. The first kappa shape index (κ1) is 18.3. The predicted octanol–water partition coefficient (Wildman–Crippen LogP) is 5.65. The molecule has 2 aromatic carbocycles. The molecule has 0 saturated carbocycles. The van der Waals surface area contributed by atoms with Gasteiger partial charge in [0, 0.05) is 53.0 Å². The fraction of sp³-hybridized carbons (Fsp3) is 0.158. The molecule has 2 N–H and O–H groups in total. The van der Waals surface area contributed by atoms with Gasteiger partial charge in [0.15, 0.2) is 0 Å². The lowest BCUT2D eigenvalue weighted by Gasteiger charge is -2.14. The smallest absolute Gasteiger partial charge is 0.229 e. The molecule has 0 aliphatic rings. The topological polar surface area (TPSA) is 53.1 Å². The molecule has 1 aromatic heterocycles. The summed E-state index contributed by atoms with van der Waals surface area (Å²) < 4.78 is 0. The minimum absolute atomic E-state index is 0.468. The van der Waals surface area contributed by atoms with Crippen molar-refractivity contribution in [1.29, 1.82) is 0 Å². The van der Waals surface area contributed by atoms with Crippen LogP contribution in [0.2, 0.25) is 10.0 Å². The van der Waals surface area contributed by atoms with Crippen LogP contribution in [0.1, 0.15) is 5.69 Å². The van der Waals surface area contributed by atoms with Crippen LogP contribution in [-0.4, -0.2) is 24.1 Å². The third kappa shape index (κ3) is 4.77. The fourth-order valence-corrected chi connectivity index (χ4v) is 2.96. The lowest BCUT2D eigenvalue weighted by molar-refractivity contribution is 1.11. The van der Waals surface area contributed by atoms with E-state index >= 15 is 0 Å². The van der Waals surface area contributed by atoms with Crippen molar-refractivity contribution in [1.82, 2.24) is 9.97 Å². The number of hydrogen-bond acceptors (Lipinski definition) is 5. The first-order chi connectivity index (χ1) is 12.4. The second kappa shape index (κ2) is 7.81. The number of nitrogens with one attached hydrogen (secondary N) is 2. The number of halogens is 2. The number of aromatic nitrogens is 2. The molecule has 0 atom stereocenters. The van der Waals surface area contributed by atoms with E-state index in [0.717, 1.165) is 22.8 Å². The van der Waals surface area contributed by atoms with Gasteiger partial charge in [-0.05, 0) is 49.4 Å². The Balaban J connectivity index is 1.80. The standard InChI is InChI=1S/C19H19Cl2N5/c1-12-8-18(23-15-4-6-17(7-5-15)26(2)3)25-19(22-12)24-16-10-13(20)9-14(21)11-16/h4-11H,1-3H3,(H2,22,23,24,25). The highest BCUT2D eigenvalue weighted by Gasteiger charge is 2.06. The summed E-state index contributed by atoms with van der Waals surface area (Å²) in [6.45, 7) is 1.91.